The van der Waals surface area contributed by atoms with Crippen LogP contribution in [-0.4, -0.2) is 38.6 Å². The molecule has 190 valence electrons. The summed E-state index contributed by atoms with van der Waals surface area (Å²) in [6.07, 6.45) is 8.02. The van der Waals surface area contributed by atoms with Crippen molar-refractivity contribution in [1.29, 1.82) is 0 Å². The first-order valence-corrected chi connectivity index (χ1v) is 12.9. The average molecular weight is 498 g/mol. The van der Waals surface area contributed by atoms with Crippen molar-refractivity contribution in [2.45, 2.75) is 82.7 Å². The van der Waals surface area contributed by atoms with Gasteiger partial charge in [-0.15, -0.1) is 0 Å². The fourth-order valence-electron chi connectivity index (χ4n) is 5.67. The van der Waals surface area contributed by atoms with E-state index in [1.807, 2.05) is 23.0 Å². The molecule has 2 fully saturated rings. The van der Waals surface area contributed by atoms with Gasteiger partial charge >= 0.3 is 6.18 Å². The second kappa shape index (κ2) is 9.50. The number of halogens is 3. The predicted octanol–water partition coefficient (Wildman–Crippen LogP) is 6.58. The molecular formula is C27H30F3N5O. The molecular weight excluding hydrogens is 467 g/mol. The van der Waals surface area contributed by atoms with Gasteiger partial charge in [-0.25, -0.2) is 14.6 Å². The molecule has 36 heavy (non-hydrogen) atoms. The van der Waals surface area contributed by atoms with E-state index in [0.717, 1.165) is 60.7 Å². The number of allylic oxidation sites excluding steroid dienone is 1. The highest BCUT2D eigenvalue weighted by atomic mass is 19.4. The summed E-state index contributed by atoms with van der Waals surface area (Å²) in [6, 6.07) is 4.31. The van der Waals surface area contributed by atoms with Crippen molar-refractivity contribution in [3.05, 3.63) is 53.0 Å². The fraction of sp³-hybridized carbons (Fsp3) is 0.519. The molecule has 1 atom stereocenters. The van der Waals surface area contributed by atoms with Gasteiger partial charge in [0.25, 0.3) is 0 Å². The van der Waals surface area contributed by atoms with Crippen molar-refractivity contribution in [3.63, 3.8) is 0 Å². The lowest BCUT2D eigenvalue weighted by atomic mass is 9.89. The van der Waals surface area contributed by atoms with Crippen LogP contribution >= 0.6 is 0 Å². The number of aromatic nitrogens is 4. The molecule has 2 aliphatic carbocycles. The Hall–Kier alpha value is -2.94. The van der Waals surface area contributed by atoms with Crippen LogP contribution in [0.15, 0.2) is 36.3 Å². The van der Waals surface area contributed by atoms with Gasteiger partial charge in [-0.3, -0.25) is 0 Å². The Labute approximate surface area is 208 Å². The number of ether oxygens (including phenoxy) is 1. The van der Waals surface area contributed by atoms with Crippen molar-refractivity contribution < 1.29 is 17.9 Å². The number of rotatable bonds is 5. The summed E-state index contributed by atoms with van der Waals surface area (Å²) in [7, 11) is 0. The summed E-state index contributed by atoms with van der Waals surface area (Å²) in [5, 5.41) is 8.94. The molecule has 1 N–H and O–H groups in total. The number of nitrogens with zero attached hydrogens (tertiary/aromatic N) is 4. The van der Waals surface area contributed by atoms with Gasteiger partial charge in [0.15, 0.2) is 6.23 Å². The van der Waals surface area contributed by atoms with Crippen molar-refractivity contribution >= 4 is 22.4 Å². The highest BCUT2D eigenvalue weighted by Gasteiger charge is 2.33. The van der Waals surface area contributed by atoms with Crippen LogP contribution in [0.25, 0.3) is 16.5 Å². The van der Waals surface area contributed by atoms with Crippen LogP contribution in [-0.2, 0) is 11.2 Å². The lowest BCUT2D eigenvalue weighted by Crippen LogP contribution is -2.27. The SMILES string of the molecule is FC(F)(F)CC1=C(c2cnc(NC3CCC3)nc2)c2ccc3c(cnn3C3CCCCO3)c2CCC1. The molecule has 9 heteroatoms. The maximum absolute atomic E-state index is 13.7. The Bertz CT molecular complexity index is 1270. The quantitative estimate of drug-likeness (QED) is 0.431. The molecule has 0 radical (unpaired) electrons. The largest absolute Gasteiger partial charge is 0.392 e. The van der Waals surface area contributed by atoms with Gasteiger partial charge < -0.3 is 10.1 Å². The lowest BCUT2D eigenvalue weighted by molar-refractivity contribution is -0.127. The van der Waals surface area contributed by atoms with Crippen molar-refractivity contribution in [3.8, 4) is 0 Å². The highest BCUT2D eigenvalue weighted by molar-refractivity contribution is 5.93. The van der Waals surface area contributed by atoms with Gasteiger partial charge in [0.1, 0.15) is 0 Å². The summed E-state index contributed by atoms with van der Waals surface area (Å²) < 4.78 is 48.8. The van der Waals surface area contributed by atoms with Gasteiger partial charge in [0.2, 0.25) is 5.95 Å². The average Bonchev–Trinajstić information content (AvgIpc) is 3.19. The van der Waals surface area contributed by atoms with Gasteiger partial charge in [-0.2, -0.15) is 18.3 Å². The topological polar surface area (TPSA) is 64.9 Å². The van der Waals surface area contributed by atoms with Gasteiger partial charge in [0.05, 0.1) is 18.1 Å². The molecule has 1 aliphatic heterocycles. The molecule has 1 aromatic carbocycles. The molecule has 1 saturated carbocycles. The molecule has 3 heterocycles. The zero-order valence-electron chi connectivity index (χ0n) is 20.2. The van der Waals surface area contributed by atoms with E-state index in [-0.39, 0.29) is 6.23 Å². The Morgan fingerprint density at radius 3 is 2.50 bits per heavy atom. The molecule has 0 amide bonds. The van der Waals surface area contributed by atoms with E-state index >= 15 is 0 Å². The number of nitrogens with one attached hydrogen (secondary N) is 1. The van der Waals surface area contributed by atoms with E-state index in [9.17, 15) is 13.2 Å². The van der Waals surface area contributed by atoms with Gasteiger partial charge in [-0.1, -0.05) is 11.6 Å². The number of hydrogen-bond acceptors (Lipinski definition) is 5. The van der Waals surface area contributed by atoms with E-state index in [4.69, 9.17) is 4.74 Å². The normalized spacial score (nSPS) is 21.2. The van der Waals surface area contributed by atoms with Crippen LogP contribution in [0.2, 0.25) is 0 Å². The first-order valence-electron chi connectivity index (χ1n) is 12.9. The molecule has 1 saturated heterocycles. The minimum Gasteiger partial charge on any atom is -0.356 e. The van der Waals surface area contributed by atoms with Crippen molar-refractivity contribution in [2.75, 3.05) is 11.9 Å². The molecule has 6 nitrogen and oxygen atoms in total. The minimum atomic E-state index is -4.29. The predicted molar refractivity (Wildman–Crippen MR) is 131 cm³/mol. The summed E-state index contributed by atoms with van der Waals surface area (Å²) in [5.41, 5.74) is 4.46. The highest BCUT2D eigenvalue weighted by Crippen LogP contribution is 2.42. The van der Waals surface area contributed by atoms with Crippen molar-refractivity contribution in [1.82, 2.24) is 19.7 Å². The monoisotopic (exact) mass is 497 g/mol. The number of alkyl halides is 3. The zero-order chi connectivity index (χ0) is 24.7. The third-order valence-corrected chi connectivity index (χ3v) is 7.64. The van der Waals surface area contributed by atoms with Gasteiger partial charge in [-0.05, 0) is 80.6 Å². The Morgan fingerprint density at radius 2 is 1.81 bits per heavy atom. The van der Waals surface area contributed by atoms with Gasteiger partial charge in [0, 0.05) is 36.0 Å². The standard InChI is InChI=1S/C27H30F3N5O/c28-27(29,30)13-17-5-3-8-20-21(25(17)18-14-31-26(32-15-18)34-19-6-4-7-19)10-11-23-22(20)16-33-35(23)24-9-1-2-12-36-24/h10-11,14-16,19,24H,1-9,12-13H2,(H,31,32,34). The smallest absolute Gasteiger partial charge is 0.356 e. The van der Waals surface area contributed by atoms with E-state index in [0.29, 0.717) is 48.0 Å². The van der Waals surface area contributed by atoms with Crippen LogP contribution in [0.4, 0.5) is 19.1 Å². The van der Waals surface area contributed by atoms with Crippen LogP contribution in [0.1, 0.15) is 80.7 Å². The van der Waals surface area contributed by atoms with Crippen LogP contribution < -0.4 is 5.32 Å². The Kier molecular flexibility index (Phi) is 6.19. The fourth-order valence-corrected chi connectivity index (χ4v) is 5.67. The molecule has 2 aromatic heterocycles. The number of anilines is 1. The summed E-state index contributed by atoms with van der Waals surface area (Å²) >= 11 is 0. The third-order valence-electron chi connectivity index (χ3n) is 7.64. The summed E-state index contributed by atoms with van der Waals surface area (Å²) in [6.45, 7) is 0.719. The van der Waals surface area contributed by atoms with Crippen molar-refractivity contribution in [2.24, 2.45) is 0 Å². The Balaban J connectivity index is 1.43. The number of hydrogen-bond donors (Lipinski definition) is 1. The van der Waals surface area contributed by atoms with Crippen LogP contribution in [0.5, 0.6) is 0 Å². The number of fused-ring (bicyclic) bond motifs is 3. The molecule has 1 unspecified atom stereocenters. The zero-order valence-corrected chi connectivity index (χ0v) is 20.2. The molecule has 3 aromatic rings. The maximum Gasteiger partial charge on any atom is 0.392 e. The minimum absolute atomic E-state index is 0.0972. The molecule has 3 aliphatic rings. The lowest BCUT2D eigenvalue weighted by Gasteiger charge is -2.26. The molecule has 0 spiro atoms. The number of aryl methyl sites for hydroxylation is 1. The first-order chi connectivity index (χ1) is 17.5. The second-order valence-corrected chi connectivity index (χ2v) is 10.1. The molecule has 0 bridgehead atoms. The maximum atomic E-state index is 13.7. The third kappa shape index (κ3) is 4.61. The first kappa shape index (κ1) is 23.5. The van der Waals surface area contributed by atoms with E-state index < -0.39 is 12.6 Å². The summed E-state index contributed by atoms with van der Waals surface area (Å²) in [4.78, 5) is 8.93. The van der Waals surface area contributed by atoms with Crippen LogP contribution in [0, 0.1) is 0 Å². The Morgan fingerprint density at radius 1 is 0.972 bits per heavy atom. The number of benzene rings is 1. The molecule has 6 rings (SSSR count). The van der Waals surface area contributed by atoms with E-state index in [1.165, 1.54) is 6.42 Å². The second-order valence-electron chi connectivity index (χ2n) is 10.1. The van der Waals surface area contributed by atoms with E-state index in [2.05, 4.69) is 20.4 Å². The van der Waals surface area contributed by atoms with E-state index in [1.54, 1.807) is 12.4 Å². The summed E-state index contributed by atoms with van der Waals surface area (Å²) in [5.74, 6) is 0.527. The van der Waals surface area contributed by atoms with Crippen LogP contribution in [0.3, 0.4) is 0 Å².